The Morgan fingerprint density at radius 2 is 0.692 bits per heavy atom. The molecule has 0 N–H and O–H groups in total. The summed E-state index contributed by atoms with van der Waals surface area (Å²) in [4.78, 5) is 0. The van der Waals surface area contributed by atoms with Crippen LogP contribution in [-0.4, -0.2) is 0 Å². The molecule has 0 aromatic heterocycles. The molecule has 0 heterocycles. The standard InChI is InChI=1S/C10H20.2ClH.U/c1-6-7(2)9(4)10(5)8(6)3;;;/h6-10H,1-5H3;2*1H;/q;;;+2/p-2. The Morgan fingerprint density at radius 1 is 0.615 bits per heavy atom. The predicted molar refractivity (Wildman–Crippen MR) is 57.5 cm³/mol. The van der Waals surface area contributed by atoms with Gasteiger partial charge in [-0.3, -0.25) is 0 Å². The normalized spacial score (nSPS) is 43.5. The Morgan fingerprint density at radius 3 is 0.769 bits per heavy atom. The summed E-state index contributed by atoms with van der Waals surface area (Å²) in [6.45, 7) is 12.0. The van der Waals surface area contributed by atoms with Crippen molar-refractivity contribution in [2.45, 2.75) is 34.6 Å². The number of hydrogen-bond acceptors (Lipinski definition) is 0. The topological polar surface area (TPSA) is 0 Å². The third-order valence-electron chi connectivity index (χ3n) is 4.15. The van der Waals surface area contributed by atoms with Crippen LogP contribution < -0.4 is 0 Å². The average molecular weight is 449 g/mol. The maximum absolute atomic E-state index is 4.97. The van der Waals surface area contributed by atoms with Crippen molar-refractivity contribution in [2.24, 2.45) is 29.6 Å². The second-order valence-electron chi connectivity index (χ2n) is 4.37. The van der Waals surface area contributed by atoms with Gasteiger partial charge in [-0.25, -0.2) is 0 Å². The Labute approximate surface area is 104 Å². The average Bonchev–Trinajstić information content (AvgIpc) is 2.25. The van der Waals surface area contributed by atoms with Crippen LogP contribution in [0.1, 0.15) is 34.6 Å². The van der Waals surface area contributed by atoms with Crippen molar-refractivity contribution in [3.05, 3.63) is 0 Å². The van der Waals surface area contributed by atoms with Crippen molar-refractivity contribution in [2.75, 3.05) is 0 Å². The van der Waals surface area contributed by atoms with E-state index < -0.39 is 25.1 Å². The van der Waals surface area contributed by atoms with Crippen LogP contribution in [0.4, 0.5) is 0 Å². The van der Waals surface area contributed by atoms with Gasteiger partial charge in [-0.05, 0) is 29.6 Å². The summed E-state index contributed by atoms with van der Waals surface area (Å²) in [6, 6.07) is 0. The summed E-state index contributed by atoms with van der Waals surface area (Å²) in [5, 5.41) is 0. The number of hydrogen-bond donors (Lipinski definition) is 0. The molecule has 0 aromatic rings. The molecule has 1 aliphatic rings. The Hall–Kier alpha value is 1.63. The van der Waals surface area contributed by atoms with Crippen LogP contribution in [0.2, 0.25) is 0 Å². The molecule has 78 valence electrons. The molecule has 0 aliphatic heterocycles. The van der Waals surface area contributed by atoms with Crippen LogP contribution in [0.5, 0.6) is 0 Å². The zero-order chi connectivity index (χ0) is 10.6. The molecule has 1 fully saturated rings. The second-order valence-corrected chi connectivity index (χ2v) is 10.3. The fourth-order valence-corrected chi connectivity index (χ4v) is 2.39. The first-order valence-electron chi connectivity index (χ1n) is 4.93. The number of halogens is 2. The molecule has 0 nitrogen and oxygen atoms in total. The summed E-state index contributed by atoms with van der Waals surface area (Å²) in [5.41, 5.74) is 0. The Kier molecular flexibility index (Phi) is 7.88. The maximum atomic E-state index is 4.97. The third-order valence-corrected chi connectivity index (χ3v) is 4.15. The summed E-state index contributed by atoms with van der Waals surface area (Å²) in [5.74, 6) is 4.68. The molecule has 0 amide bonds. The second kappa shape index (κ2) is 7.00. The van der Waals surface area contributed by atoms with Crippen LogP contribution >= 0.6 is 15.2 Å². The van der Waals surface area contributed by atoms with E-state index in [9.17, 15) is 0 Å². The van der Waals surface area contributed by atoms with E-state index in [4.69, 9.17) is 15.2 Å². The monoisotopic (exact) mass is 448 g/mol. The van der Waals surface area contributed by atoms with Crippen molar-refractivity contribution < 1.29 is 25.1 Å². The van der Waals surface area contributed by atoms with Crippen LogP contribution in [0.15, 0.2) is 0 Å². The van der Waals surface area contributed by atoms with Gasteiger partial charge in [-0.1, -0.05) is 34.6 Å². The summed E-state index contributed by atoms with van der Waals surface area (Å²) in [6.07, 6.45) is 0. The van der Waals surface area contributed by atoms with Crippen LogP contribution in [0.3, 0.4) is 0 Å². The van der Waals surface area contributed by atoms with Gasteiger partial charge in [0, 0.05) is 0 Å². The van der Waals surface area contributed by atoms with E-state index >= 15 is 0 Å². The van der Waals surface area contributed by atoms with Crippen molar-refractivity contribution in [3.8, 4) is 0 Å². The molecule has 1 rings (SSSR count). The summed E-state index contributed by atoms with van der Waals surface area (Å²) < 4.78 is 0. The molecule has 0 bridgehead atoms. The first-order valence-corrected chi connectivity index (χ1v) is 15.1. The van der Waals surface area contributed by atoms with Crippen molar-refractivity contribution in [1.82, 2.24) is 0 Å². The van der Waals surface area contributed by atoms with Gasteiger partial charge in [-0.2, -0.15) is 0 Å². The minimum absolute atomic E-state index is 0.935. The Bertz CT molecular complexity index is 96.1. The molecule has 0 saturated heterocycles. The fraction of sp³-hybridized carbons (Fsp3) is 1.00. The van der Waals surface area contributed by atoms with E-state index in [0.717, 1.165) is 29.6 Å². The van der Waals surface area contributed by atoms with Gasteiger partial charge in [0.25, 0.3) is 0 Å². The van der Waals surface area contributed by atoms with Crippen LogP contribution in [0, 0.1) is 54.7 Å². The number of rotatable bonds is 0. The molecule has 0 atom stereocenters. The minimum atomic E-state index is -1.06. The van der Waals surface area contributed by atoms with Gasteiger partial charge in [0.2, 0.25) is 0 Å². The van der Waals surface area contributed by atoms with Crippen molar-refractivity contribution in [3.63, 3.8) is 0 Å². The molecule has 3 heteroatoms. The van der Waals surface area contributed by atoms with E-state index in [1.54, 1.807) is 0 Å². The van der Waals surface area contributed by atoms with E-state index in [1.165, 1.54) is 0 Å². The quantitative estimate of drug-likeness (QED) is 0.509. The zero-order valence-corrected chi connectivity index (χ0v) is 14.8. The van der Waals surface area contributed by atoms with Crippen LogP contribution in [-0.2, 0) is 0 Å². The molecular weight excluding hydrogens is 429 g/mol. The van der Waals surface area contributed by atoms with Gasteiger partial charge in [0.1, 0.15) is 0 Å². The molecule has 0 spiro atoms. The Balaban J connectivity index is 0.000000424. The van der Waals surface area contributed by atoms with Crippen LogP contribution in [0.25, 0.3) is 0 Å². The first kappa shape index (κ1) is 14.6. The molecule has 1 saturated carbocycles. The molecule has 0 radical (unpaired) electrons. The van der Waals surface area contributed by atoms with Gasteiger partial charge in [-0.15, -0.1) is 0 Å². The van der Waals surface area contributed by atoms with E-state index in [1.807, 2.05) is 0 Å². The van der Waals surface area contributed by atoms with Gasteiger partial charge in [0.05, 0.1) is 0 Å². The zero-order valence-electron chi connectivity index (χ0n) is 9.14. The molecule has 1 aliphatic carbocycles. The molecule has 0 aromatic carbocycles. The first-order chi connectivity index (χ1) is 5.97. The SMILES string of the molecule is CC1C(C)C(C)C(C)C1C.[Cl][U][Cl]. The van der Waals surface area contributed by atoms with Gasteiger partial charge in [0.15, 0.2) is 0 Å². The van der Waals surface area contributed by atoms with E-state index in [2.05, 4.69) is 34.6 Å². The van der Waals surface area contributed by atoms with Gasteiger partial charge >= 0.3 is 40.3 Å². The third kappa shape index (κ3) is 3.94. The summed E-state index contributed by atoms with van der Waals surface area (Å²) >= 11 is -1.06. The van der Waals surface area contributed by atoms with Crippen molar-refractivity contribution in [1.29, 1.82) is 0 Å². The predicted octanol–water partition coefficient (Wildman–Crippen LogP) is 4.56. The van der Waals surface area contributed by atoms with E-state index in [-0.39, 0.29) is 0 Å². The molecule has 0 unspecified atom stereocenters. The van der Waals surface area contributed by atoms with Crippen molar-refractivity contribution >= 4 is 15.2 Å². The molecular formula is C10H20Cl2U. The fourth-order valence-electron chi connectivity index (χ4n) is 2.39. The van der Waals surface area contributed by atoms with Gasteiger partial charge < -0.3 is 0 Å². The summed E-state index contributed by atoms with van der Waals surface area (Å²) in [7, 11) is 9.95. The van der Waals surface area contributed by atoms with E-state index in [0.29, 0.717) is 0 Å². The molecule has 13 heavy (non-hydrogen) atoms.